The maximum atomic E-state index is 11.9. The minimum absolute atomic E-state index is 0.122. The molecule has 0 saturated carbocycles. The van der Waals surface area contributed by atoms with Crippen LogP contribution < -0.4 is 10.5 Å². The van der Waals surface area contributed by atoms with Gasteiger partial charge in [-0.05, 0) is 6.92 Å². The van der Waals surface area contributed by atoms with E-state index in [1.807, 2.05) is 0 Å². The molecule has 0 amide bonds. The Kier molecular flexibility index (Phi) is 3.77. The van der Waals surface area contributed by atoms with Gasteiger partial charge >= 0.3 is 0 Å². The third-order valence-electron chi connectivity index (χ3n) is 2.15. The predicted octanol–water partition coefficient (Wildman–Crippen LogP) is -1.98. The molecule has 0 bridgehead atoms. The highest BCUT2D eigenvalue weighted by Crippen LogP contribution is 2.15. The standard InChI is InChI=1S/C8H16N4O4S/c1-8(14,4-13)3-11-17(15,16)7-6(9)10-5-12(7)2/h5,11,13-14H,3-4,9H2,1-2H3. The number of aromatic nitrogens is 2. The summed E-state index contributed by atoms with van der Waals surface area (Å²) in [5.41, 5.74) is 3.91. The Balaban J connectivity index is 2.91. The summed E-state index contributed by atoms with van der Waals surface area (Å²) < 4.78 is 27.1. The molecule has 1 atom stereocenters. The Morgan fingerprint density at radius 3 is 2.65 bits per heavy atom. The number of rotatable bonds is 5. The summed E-state index contributed by atoms with van der Waals surface area (Å²) in [7, 11) is -2.38. The van der Waals surface area contributed by atoms with E-state index in [2.05, 4.69) is 9.71 Å². The van der Waals surface area contributed by atoms with E-state index in [1.54, 1.807) is 0 Å². The SMILES string of the molecule is Cn1cnc(N)c1S(=O)(=O)NCC(C)(O)CO. The summed E-state index contributed by atoms with van der Waals surface area (Å²) in [6.45, 7) is 0.426. The van der Waals surface area contributed by atoms with E-state index in [0.29, 0.717) is 0 Å². The second kappa shape index (κ2) is 4.61. The van der Waals surface area contributed by atoms with E-state index in [4.69, 9.17) is 10.8 Å². The number of nitrogens with two attached hydrogens (primary N) is 1. The molecule has 0 spiro atoms. The van der Waals surface area contributed by atoms with Crippen molar-refractivity contribution < 1.29 is 18.6 Å². The van der Waals surface area contributed by atoms with Crippen molar-refractivity contribution in [3.05, 3.63) is 6.33 Å². The number of aliphatic hydroxyl groups is 2. The Morgan fingerprint density at radius 1 is 1.65 bits per heavy atom. The van der Waals surface area contributed by atoms with Crippen molar-refractivity contribution in [3.63, 3.8) is 0 Å². The van der Waals surface area contributed by atoms with Crippen molar-refractivity contribution in [1.82, 2.24) is 14.3 Å². The van der Waals surface area contributed by atoms with Gasteiger partial charge in [-0.1, -0.05) is 0 Å². The summed E-state index contributed by atoms with van der Waals surface area (Å²) in [6, 6.07) is 0. The number of aliphatic hydroxyl groups excluding tert-OH is 1. The number of nitrogen functional groups attached to an aromatic ring is 1. The van der Waals surface area contributed by atoms with Crippen LogP contribution in [0.1, 0.15) is 6.92 Å². The summed E-state index contributed by atoms with van der Waals surface area (Å²) in [5, 5.41) is 18.1. The number of hydrogen-bond donors (Lipinski definition) is 4. The Morgan fingerprint density at radius 2 is 2.24 bits per heavy atom. The van der Waals surface area contributed by atoms with Crippen molar-refractivity contribution in [2.24, 2.45) is 7.05 Å². The molecule has 1 aromatic heterocycles. The van der Waals surface area contributed by atoms with Gasteiger partial charge in [-0.25, -0.2) is 18.1 Å². The van der Waals surface area contributed by atoms with Gasteiger partial charge in [0.1, 0.15) is 0 Å². The van der Waals surface area contributed by atoms with E-state index in [9.17, 15) is 13.5 Å². The second-order valence-corrected chi connectivity index (χ2v) is 5.71. The largest absolute Gasteiger partial charge is 0.393 e. The first-order chi connectivity index (χ1) is 7.69. The lowest BCUT2D eigenvalue weighted by Crippen LogP contribution is -2.43. The van der Waals surface area contributed by atoms with E-state index in [1.165, 1.54) is 24.9 Å². The molecule has 1 rings (SSSR count). The van der Waals surface area contributed by atoms with E-state index >= 15 is 0 Å². The average molecular weight is 264 g/mol. The van der Waals surface area contributed by atoms with Crippen molar-refractivity contribution in [2.75, 3.05) is 18.9 Å². The topological polar surface area (TPSA) is 130 Å². The van der Waals surface area contributed by atoms with Gasteiger partial charge < -0.3 is 20.5 Å². The number of aryl methyl sites for hydroxylation is 1. The van der Waals surface area contributed by atoms with Crippen LogP contribution in [-0.4, -0.2) is 46.9 Å². The first-order valence-electron chi connectivity index (χ1n) is 4.79. The fourth-order valence-electron chi connectivity index (χ4n) is 1.14. The van der Waals surface area contributed by atoms with Gasteiger partial charge in [-0.15, -0.1) is 0 Å². The number of nitrogens with zero attached hydrogens (tertiary/aromatic N) is 2. The summed E-state index contributed by atoms with van der Waals surface area (Å²) in [6.07, 6.45) is 1.27. The summed E-state index contributed by atoms with van der Waals surface area (Å²) in [5.74, 6) is -0.122. The van der Waals surface area contributed by atoms with Crippen LogP contribution in [0.25, 0.3) is 0 Å². The lowest BCUT2D eigenvalue weighted by Gasteiger charge is -2.20. The number of sulfonamides is 1. The molecule has 9 heteroatoms. The molecule has 98 valence electrons. The van der Waals surface area contributed by atoms with Crippen LogP contribution in [0.4, 0.5) is 5.82 Å². The molecule has 8 nitrogen and oxygen atoms in total. The van der Waals surface area contributed by atoms with Crippen LogP contribution >= 0.6 is 0 Å². The molecule has 0 radical (unpaired) electrons. The Bertz CT molecular complexity index is 474. The molecule has 0 aliphatic rings. The highest BCUT2D eigenvalue weighted by atomic mass is 32.2. The summed E-state index contributed by atoms with van der Waals surface area (Å²) >= 11 is 0. The zero-order chi connectivity index (χ0) is 13.3. The van der Waals surface area contributed by atoms with Gasteiger partial charge in [0.15, 0.2) is 10.8 Å². The number of imidazole rings is 1. The zero-order valence-electron chi connectivity index (χ0n) is 9.58. The van der Waals surface area contributed by atoms with Crippen LogP contribution in [0.3, 0.4) is 0 Å². The molecule has 1 aromatic rings. The third-order valence-corrected chi connectivity index (χ3v) is 3.68. The highest BCUT2D eigenvalue weighted by molar-refractivity contribution is 7.89. The van der Waals surface area contributed by atoms with Gasteiger partial charge in [0.2, 0.25) is 0 Å². The van der Waals surface area contributed by atoms with Crippen LogP contribution in [0.2, 0.25) is 0 Å². The highest BCUT2D eigenvalue weighted by Gasteiger charge is 2.26. The normalized spacial score (nSPS) is 15.8. The molecule has 0 aliphatic carbocycles. The van der Waals surface area contributed by atoms with Crippen LogP contribution in [0, 0.1) is 0 Å². The van der Waals surface area contributed by atoms with Crippen molar-refractivity contribution in [3.8, 4) is 0 Å². The second-order valence-electron chi connectivity index (χ2n) is 4.03. The molecule has 5 N–H and O–H groups in total. The van der Waals surface area contributed by atoms with E-state index < -0.39 is 22.2 Å². The van der Waals surface area contributed by atoms with Gasteiger partial charge in [-0.2, -0.15) is 0 Å². The molecule has 0 fully saturated rings. The van der Waals surface area contributed by atoms with Crippen LogP contribution in [0.15, 0.2) is 11.4 Å². The molecule has 17 heavy (non-hydrogen) atoms. The van der Waals surface area contributed by atoms with Gasteiger partial charge in [0.05, 0.1) is 18.5 Å². The molecular formula is C8H16N4O4S. The predicted molar refractivity (Wildman–Crippen MR) is 60.5 cm³/mol. The number of anilines is 1. The minimum Gasteiger partial charge on any atom is -0.393 e. The van der Waals surface area contributed by atoms with Crippen LogP contribution in [-0.2, 0) is 17.1 Å². The molecule has 1 unspecified atom stereocenters. The number of hydrogen-bond acceptors (Lipinski definition) is 6. The molecule has 0 aromatic carbocycles. The van der Waals surface area contributed by atoms with Crippen molar-refractivity contribution in [1.29, 1.82) is 0 Å². The van der Waals surface area contributed by atoms with Gasteiger partial charge in [-0.3, -0.25) is 0 Å². The zero-order valence-corrected chi connectivity index (χ0v) is 10.4. The monoisotopic (exact) mass is 264 g/mol. The summed E-state index contributed by atoms with van der Waals surface area (Å²) in [4.78, 5) is 3.66. The van der Waals surface area contributed by atoms with Gasteiger partial charge in [0, 0.05) is 13.6 Å². The molecular weight excluding hydrogens is 248 g/mol. The van der Waals surface area contributed by atoms with Crippen LogP contribution in [0.5, 0.6) is 0 Å². The van der Waals surface area contributed by atoms with E-state index in [0.717, 1.165) is 0 Å². The maximum Gasteiger partial charge on any atom is 0.260 e. The van der Waals surface area contributed by atoms with Crippen molar-refractivity contribution >= 4 is 15.8 Å². The first-order valence-corrected chi connectivity index (χ1v) is 6.27. The van der Waals surface area contributed by atoms with E-state index in [-0.39, 0.29) is 17.4 Å². The smallest absolute Gasteiger partial charge is 0.260 e. The van der Waals surface area contributed by atoms with Gasteiger partial charge in [0.25, 0.3) is 10.0 Å². The minimum atomic E-state index is -3.87. The fraction of sp³-hybridized carbons (Fsp3) is 0.625. The Labute approximate surface area is 99.1 Å². The maximum absolute atomic E-state index is 11.9. The Hall–Kier alpha value is -1.16. The number of nitrogens with one attached hydrogen (secondary N) is 1. The van der Waals surface area contributed by atoms with Crippen molar-refractivity contribution in [2.45, 2.75) is 17.6 Å². The molecule has 0 saturated heterocycles. The lowest BCUT2D eigenvalue weighted by molar-refractivity contribution is 0.00679. The molecule has 0 aliphatic heterocycles. The lowest BCUT2D eigenvalue weighted by atomic mass is 10.1. The fourth-order valence-corrected chi connectivity index (χ4v) is 2.53. The molecule has 1 heterocycles. The quantitative estimate of drug-likeness (QED) is 0.487. The average Bonchev–Trinajstić information content (AvgIpc) is 2.57. The first kappa shape index (κ1) is 13.9. The third kappa shape index (κ3) is 3.16.